The van der Waals surface area contributed by atoms with Crippen LogP contribution in [0.3, 0.4) is 0 Å². The molecule has 2 rings (SSSR count). The molecule has 0 aliphatic carbocycles. The Kier molecular flexibility index (Phi) is 4.60. The Labute approximate surface area is 114 Å². The number of ether oxygens (including phenoxy) is 2. The van der Waals surface area contributed by atoms with Crippen LogP contribution in [0, 0.1) is 11.8 Å². The molecule has 0 amide bonds. The van der Waals surface area contributed by atoms with Crippen LogP contribution in [0.15, 0.2) is 28.7 Å². The van der Waals surface area contributed by atoms with Gasteiger partial charge in [-0.05, 0) is 24.6 Å². The summed E-state index contributed by atoms with van der Waals surface area (Å²) < 4.78 is 11.7. The van der Waals surface area contributed by atoms with E-state index in [0.29, 0.717) is 19.0 Å². The van der Waals surface area contributed by atoms with Gasteiger partial charge in [0.2, 0.25) is 0 Å². The number of carbonyl (C=O) groups is 1. The fourth-order valence-corrected chi connectivity index (χ4v) is 2.40. The van der Waals surface area contributed by atoms with Crippen molar-refractivity contribution in [3.8, 4) is 5.75 Å². The minimum Gasteiger partial charge on any atom is -0.493 e. The number of carboxylic acid groups (broad SMARTS) is 1. The maximum absolute atomic E-state index is 11.2. The zero-order chi connectivity index (χ0) is 13.0. The summed E-state index contributed by atoms with van der Waals surface area (Å²) in [5.41, 5.74) is 0. The molecule has 1 saturated heterocycles. The van der Waals surface area contributed by atoms with E-state index in [-0.39, 0.29) is 12.5 Å². The van der Waals surface area contributed by atoms with Gasteiger partial charge in [-0.25, -0.2) is 0 Å². The molecule has 0 radical (unpaired) electrons. The van der Waals surface area contributed by atoms with Crippen LogP contribution < -0.4 is 4.74 Å². The highest BCUT2D eigenvalue weighted by Crippen LogP contribution is 2.24. The van der Waals surface area contributed by atoms with E-state index in [9.17, 15) is 9.90 Å². The van der Waals surface area contributed by atoms with Crippen molar-refractivity contribution in [1.29, 1.82) is 0 Å². The van der Waals surface area contributed by atoms with Gasteiger partial charge in [0, 0.05) is 17.0 Å². The summed E-state index contributed by atoms with van der Waals surface area (Å²) in [6.07, 6.45) is 0.790. The average molecular weight is 315 g/mol. The largest absolute Gasteiger partial charge is 0.493 e. The lowest BCUT2D eigenvalue weighted by molar-refractivity contribution is -0.145. The Morgan fingerprint density at radius 1 is 1.61 bits per heavy atom. The van der Waals surface area contributed by atoms with Crippen molar-refractivity contribution in [2.24, 2.45) is 11.8 Å². The highest BCUT2D eigenvalue weighted by atomic mass is 79.9. The van der Waals surface area contributed by atoms with Gasteiger partial charge in [-0.15, -0.1) is 0 Å². The van der Waals surface area contributed by atoms with E-state index in [1.807, 2.05) is 24.3 Å². The third-order valence-electron chi connectivity index (χ3n) is 3.08. The predicted molar refractivity (Wildman–Crippen MR) is 69.7 cm³/mol. The van der Waals surface area contributed by atoms with Crippen LogP contribution in [0.5, 0.6) is 5.75 Å². The van der Waals surface area contributed by atoms with Crippen LogP contribution in [0.2, 0.25) is 0 Å². The molecule has 18 heavy (non-hydrogen) atoms. The monoisotopic (exact) mass is 314 g/mol. The number of halogens is 1. The minimum absolute atomic E-state index is 0.0506. The average Bonchev–Trinajstić information content (AvgIpc) is 2.82. The highest BCUT2D eigenvalue weighted by Gasteiger charge is 2.31. The molecule has 1 aromatic rings. The standard InChI is InChI=1S/C13H15BrO4/c14-10-2-1-3-11(6-10)18-8-12(13(15)16)9-4-5-17-7-9/h1-3,6,9,12H,4-5,7-8H2,(H,15,16). The molecule has 0 saturated carbocycles. The SMILES string of the molecule is O=C(O)C(COc1cccc(Br)c1)C1CCOC1. The molecule has 5 heteroatoms. The van der Waals surface area contributed by atoms with Crippen molar-refractivity contribution in [3.05, 3.63) is 28.7 Å². The maximum atomic E-state index is 11.2. The number of hydrogen-bond acceptors (Lipinski definition) is 3. The van der Waals surface area contributed by atoms with Gasteiger partial charge >= 0.3 is 5.97 Å². The first-order valence-corrected chi connectivity index (χ1v) is 6.65. The smallest absolute Gasteiger partial charge is 0.310 e. The molecule has 2 unspecified atom stereocenters. The first-order chi connectivity index (χ1) is 8.66. The molecular weight excluding hydrogens is 300 g/mol. The summed E-state index contributed by atoms with van der Waals surface area (Å²) in [7, 11) is 0. The van der Waals surface area contributed by atoms with Crippen LogP contribution in [-0.2, 0) is 9.53 Å². The molecule has 1 N–H and O–H groups in total. The Bertz CT molecular complexity index is 415. The third kappa shape index (κ3) is 3.46. The van der Waals surface area contributed by atoms with Crippen molar-refractivity contribution in [2.75, 3.05) is 19.8 Å². The number of benzene rings is 1. The van der Waals surface area contributed by atoms with Crippen molar-refractivity contribution < 1.29 is 19.4 Å². The Morgan fingerprint density at radius 2 is 2.44 bits per heavy atom. The van der Waals surface area contributed by atoms with Gasteiger partial charge in [0.1, 0.15) is 12.4 Å². The van der Waals surface area contributed by atoms with Crippen LogP contribution in [-0.4, -0.2) is 30.9 Å². The zero-order valence-electron chi connectivity index (χ0n) is 9.84. The molecule has 0 aromatic heterocycles. The number of rotatable bonds is 5. The van der Waals surface area contributed by atoms with E-state index >= 15 is 0 Å². The summed E-state index contributed by atoms with van der Waals surface area (Å²) >= 11 is 3.35. The van der Waals surface area contributed by atoms with Crippen molar-refractivity contribution >= 4 is 21.9 Å². The Balaban J connectivity index is 1.95. The van der Waals surface area contributed by atoms with E-state index in [2.05, 4.69) is 15.9 Å². The van der Waals surface area contributed by atoms with E-state index < -0.39 is 11.9 Å². The fourth-order valence-electron chi connectivity index (χ4n) is 2.02. The van der Waals surface area contributed by atoms with Crippen LogP contribution in [0.1, 0.15) is 6.42 Å². The van der Waals surface area contributed by atoms with E-state index in [4.69, 9.17) is 9.47 Å². The highest BCUT2D eigenvalue weighted by molar-refractivity contribution is 9.10. The molecule has 0 spiro atoms. The van der Waals surface area contributed by atoms with Gasteiger partial charge in [-0.2, -0.15) is 0 Å². The summed E-state index contributed by atoms with van der Waals surface area (Å²) in [5.74, 6) is -0.601. The van der Waals surface area contributed by atoms with Gasteiger partial charge in [0.05, 0.1) is 12.5 Å². The molecule has 1 fully saturated rings. The fraction of sp³-hybridized carbons (Fsp3) is 0.462. The number of hydrogen-bond donors (Lipinski definition) is 1. The first kappa shape index (κ1) is 13.4. The van der Waals surface area contributed by atoms with E-state index in [1.165, 1.54) is 0 Å². The molecule has 4 nitrogen and oxygen atoms in total. The summed E-state index contributed by atoms with van der Waals surface area (Å²) in [6, 6.07) is 7.39. The molecule has 1 heterocycles. The lowest BCUT2D eigenvalue weighted by atomic mass is 9.92. The zero-order valence-corrected chi connectivity index (χ0v) is 11.4. The van der Waals surface area contributed by atoms with Crippen molar-refractivity contribution in [1.82, 2.24) is 0 Å². The predicted octanol–water partition coefficient (Wildman–Crippen LogP) is 2.57. The first-order valence-electron chi connectivity index (χ1n) is 5.85. The van der Waals surface area contributed by atoms with Crippen LogP contribution in [0.4, 0.5) is 0 Å². The second-order valence-electron chi connectivity index (χ2n) is 4.34. The maximum Gasteiger partial charge on any atom is 0.310 e. The van der Waals surface area contributed by atoms with Gasteiger partial charge in [0.15, 0.2) is 0 Å². The van der Waals surface area contributed by atoms with Gasteiger partial charge in [0.25, 0.3) is 0 Å². The molecule has 0 bridgehead atoms. The molecule has 98 valence electrons. The summed E-state index contributed by atoms with van der Waals surface area (Å²) in [4.78, 5) is 11.2. The molecule has 1 aliphatic heterocycles. The summed E-state index contributed by atoms with van der Waals surface area (Å²) in [5, 5.41) is 9.22. The van der Waals surface area contributed by atoms with Gasteiger partial charge in [-0.3, -0.25) is 4.79 Å². The molecule has 2 atom stereocenters. The van der Waals surface area contributed by atoms with E-state index in [1.54, 1.807) is 0 Å². The minimum atomic E-state index is -0.819. The molecular formula is C13H15BrO4. The Morgan fingerprint density at radius 3 is 3.06 bits per heavy atom. The van der Waals surface area contributed by atoms with Gasteiger partial charge < -0.3 is 14.6 Å². The van der Waals surface area contributed by atoms with Crippen molar-refractivity contribution in [3.63, 3.8) is 0 Å². The number of carboxylic acids is 1. The van der Waals surface area contributed by atoms with Crippen LogP contribution >= 0.6 is 15.9 Å². The second kappa shape index (κ2) is 6.20. The normalized spacial score (nSPS) is 20.6. The topological polar surface area (TPSA) is 55.8 Å². The van der Waals surface area contributed by atoms with E-state index in [0.717, 1.165) is 10.9 Å². The third-order valence-corrected chi connectivity index (χ3v) is 3.57. The van der Waals surface area contributed by atoms with Crippen LogP contribution in [0.25, 0.3) is 0 Å². The lowest BCUT2D eigenvalue weighted by Gasteiger charge is -2.18. The second-order valence-corrected chi connectivity index (χ2v) is 5.25. The number of aliphatic carboxylic acids is 1. The van der Waals surface area contributed by atoms with Gasteiger partial charge in [-0.1, -0.05) is 22.0 Å². The molecule has 1 aromatic carbocycles. The van der Waals surface area contributed by atoms with Crippen molar-refractivity contribution in [2.45, 2.75) is 6.42 Å². The lowest BCUT2D eigenvalue weighted by Crippen LogP contribution is -2.29. The molecule has 1 aliphatic rings. The Hall–Kier alpha value is -1.07. The summed E-state index contributed by atoms with van der Waals surface area (Å²) in [6.45, 7) is 1.34. The quantitative estimate of drug-likeness (QED) is 0.907.